The number of benzene rings is 1. The third kappa shape index (κ3) is 2.14. The van der Waals surface area contributed by atoms with Crippen molar-refractivity contribution in [2.24, 2.45) is 5.92 Å². The van der Waals surface area contributed by atoms with Gasteiger partial charge in [0, 0.05) is 24.4 Å². The quantitative estimate of drug-likeness (QED) is 0.769. The topological polar surface area (TPSA) is 3.24 Å². The predicted molar refractivity (Wildman–Crippen MR) is 70.8 cm³/mol. The number of thiol groups is 1. The van der Waals surface area contributed by atoms with Gasteiger partial charge in [-0.05, 0) is 30.7 Å². The summed E-state index contributed by atoms with van der Waals surface area (Å²) < 4.78 is 0. The van der Waals surface area contributed by atoms with Crippen molar-refractivity contribution in [3.8, 4) is 0 Å². The van der Waals surface area contributed by atoms with Crippen LogP contribution in [0.5, 0.6) is 0 Å². The van der Waals surface area contributed by atoms with Crippen LogP contribution in [0.25, 0.3) is 0 Å². The Morgan fingerprint density at radius 1 is 1.12 bits per heavy atom. The zero-order valence-corrected chi connectivity index (χ0v) is 10.4. The van der Waals surface area contributed by atoms with Gasteiger partial charge in [-0.25, -0.2) is 0 Å². The molecule has 86 valence electrons. The molecular weight excluding hydrogens is 214 g/mol. The number of hydrogen-bond donors (Lipinski definition) is 1. The van der Waals surface area contributed by atoms with E-state index in [0.717, 1.165) is 18.5 Å². The van der Waals surface area contributed by atoms with E-state index < -0.39 is 0 Å². The lowest BCUT2D eigenvalue weighted by Crippen LogP contribution is -2.30. The zero-order valence-electron chi connectivity index (χ0n) is 9.55. The Kier molecular flexibility index (Phi) is 2.95. The molecule has 16 heavy (non-hydrogen) atoms. The first-order valence-electron chi connectivity index (χ1n) is 6.27. The minimum absolute atomic E-state index is 0.643. The van der Waals surface area contributed by atoms with E-state index in [1.54, 1.807) is 0 Å². The fourth-order valence-electron chi connectivity index (χ4n) is 3.31. The molecule has 1 aromatic rings. The lowest BCUT2D eigenvalue weighted by atomic mass is 9.90. The van der Waals surface area contributed by atoms with Crippen LogP contribution in [0.1, 0.15) is 24.8 Å². The number of hydrogen-bond acceptors (Lipinski definition) is 2. The van der Waals surface area contributed by atoms with Crippen molar-refractivity contribution in [1.82, 2.24) is 4.90 Å². The van der Waals surface area contributed by atoms with Gasteiger partial charge in [0.05, 0.1) is 0 Å². The molecule has 3 atom stereocenters. The van der Waals surface area contributed by atoms with Gasteiger partial charge in [-0.1, -0.05) is 30.3 Å². The van der Waals surface area contributed by atoms with Gasteiger partial charge < -0.3 is 0 Å². The lowest BCUT2D eigenvalue weighted by Gasteiger charge is -2.27. The van der Waals surface area contributed by atoms with Crippen molar-refractivity contribution in [3.05, 3.63) is 35.9 Å². The molecule has 0 radical (unpaired) electrons. The molecule has 1 aliphatic carbocycles. The van der Waals surface area contributed by atoms with Crippen LogP contribution in [-0.2, 0) is 6.54 Å². The Morgan fingerprint density at radius 3 is 2.75 bits per heavy atom. The molecule has 1 saturated carbocycles. The highest BCUT2D eigenvalue weighted by Crippen LogP contribution is 2.38. The second-order valence-corrected chi connectivity index (χ2v) is 6.03. The summed E-state index contributed by atoms with van der Waals surface area (Å²) in [5.74, 6) is 0.907. The molecule has 2 fully saturated rings. The number of fused-ring (bicyclic) bond motifs is 2. The highest BCUT2D eigenvalue weighted by atomic mass is 32.1. The van der Waals surface area contributed by atoms with Gasteiger partial charge in [0.2, 0.25) is 0 Å². The van der Waals surface area contributed by atoms with E-state index in [0.29, 0.717) is 5.25 Å². The highest BCUT2D eigenvalue weighted by molar-refractivity contribution is 7.80. The number of likely N-dealkylation sites (tertiary alicyclic amines) is 1. The van der Waals surface area contributed by atoms with Crippen LogP contribution in [0.2, 0.25) is 0 Å². The predicted octanol–water partition coefficient (Wildman–Crippen LogP) is 2.97. The van der Waals surface area contributed by atoms with Crippen LogP contribution >= 0.6 is 12.6 Å². The summed E-state index contributed by atoms with van der Waals surface area (Å²) in [7, 11) is 0. The Hall–Kier alpha value is -0.470. The summed E-state index contributed by atoms with van der Waals surface area (Å²) in [4.78, 5) is 2.66. The minimum atomic E-state index is 0.643. The van der Waals surface area contributed by atoms with Crippen molar-refractivity contribution in [2.45, 2.75) is 37.1 Å². The molecular formula is C14H19NS. The molecule has 2 aliphatic rings. The second-order valence-electron chi connectivity index (χ2n) is 5.30. The van der Waals surface area contributed by atoms with E-state index in [4.69, 9.17) is 0 Å². The highest BCUT2D eigenvalue weighted by Gasteiger charge is 2.37. The van der Waals surface area contributed by atoms with Gasteiger partial charge in [-0.15, -0.1) is 0 Å². The van der Waals surface area contributed by atoms with E-state index in [1.165, 1.54) is 31.4 Å². The molecule has 2 heteroatoms. The fraction of sp³-hybridized carbons (Fsp3) is 0.571. The zero-order chi connectivity index (χ0) is 11.0. The van der Waals surface area contributed by atoms with Gasteiger partial charge >= 0.3 is 0 Å². The SMILES string of the molecule is SC1CC2CC(C1)N(Cc1ccccc1)C2. The van der Waals surface area contributed by atoms with Crippen molar-refractivity contribution in [3.63, 3.8) is 0 Å². The van der Waals surface area contributed by atoms with E-state index in [2.05, 4.69) is 47.9 Å². The van der Waals surface area contributed by atoms with Crippen LogP contribution in [-0.4, -0.2) is 22.7 Å². The van der Waals surface area contributed by atoms with E-state index in [9.17, 15) is 0 Å². The van der Waals surface area contributed by atoms with Crippen LogP contribution in [0, 0.1) is 5.92 Å². The Labute approximate surface area is 103 Å². The molecule has 1 heterocycles. The molecule has 1 nitrogen and oxygen atoms in total. The van der Waals surface area contributed by atoms with Crippen LogP contribution < -0.4 is 0 Å². The van der Waals surface area contributed by atoms with Crippen molar-refractivity contribution in [1.29, 1.82) is 0 Å². The average molecular weight is 233 g/mol. The third-order valence-electron chi connectivity index (χ3n) is 3.99. The summed E-state index contributed by atoms with van der Waals surface area (Å²) in [6, 6.07) is 11.6. The van der Waals surface area contributed by atoms with Crippen molar-refractivity contribution in [2.75, 3.05) is 6.54 Å². The Morgan fingerprint density at radius 2 is 1.94 bits per heavy atom. The van der Waals surface area contributed by atoms with E-state index in [1.807, 2.05) is 0 Å². The molecule has 1 aliphatic heterocycles. The summed E-state index contributed by atoms with van der Waals surface area (Å²) >= 11 is 4.66. The minimum Gasteiger partial charge on any atom is -0.296 e. The molecule has 3 rings (SSSR count). The van der Waals surface area contributed by atoms with Gasteiger partial charge in [0.15, 0.2) is 0 Å². The molecule has 2 bridgehead atoms. The van der Waals surface area contributed by atoms with Crippen molar-refractivity contribution >= 4 is 12.6 Å². The van der Waals surface area contributed by atoms with Crippen molar-refractivity contribution < 1.29 is 0 Å². The second kappa shape index (κ2) is 4.42. The average Bonchev–Trinajstić information content (AvgIpc) is 2.55. The molecule has 1 aromatic carbocycles. The third-order valence-corrected chi connectivity index (χ3v) is 4.41. The first-order chi connectivity index (χ1) is 7.81. The van der Waals surface area contributed by atoms with E-state index >= 15 is 0 Å². The van der Waals surface area contributed by atoms with Crippen LogP contribution in [0.15, 0.2) is 30.3 Å². The normalized spacial score (nSPS) is 34.2. The van der Waals surface area contributed by atoms with Gasteiger partial charge in [0.1, 0.15) is 0 Å². The maximum atomic E-state index is 4.66. The maximum absolute atomic E-state index is 4.66. The Bertz CT molecular complexity index is 351. The van der Waals surface area contributed by atoms with Gasteiger partial charge in [-0.2, -0.15) is 12.6 Å². The first kappa shape index (κ1) is 10.7. The number of nitrogens with zero attached hydrogens (tertiary/aromatic N) is 1. The Balaban J connectivity index is 1.69. The molecule has 0 spiro atoms. The van der Waals surface area contributed by atoms with Gasteiger partial charge in [0.25, 0.3) is 0 Å². The van der Waals surface area contributed by atoms with Crippen LogP contribution in [0.4, 0.5) is 0 Å². The smallest absolute Gasteiger partial charge is 0.0236 e. The van der Waals surface area contributed by atoms with Gasteiger partial charge in [-0.3, -0.25) is 4.90 Å². The molecule has 0 N–H and O–H groups in total. The summed E-state index contributed by atoms with van der Waals surface area (Å²) in [6.45, 7) is 2.42. The molecule has 1 saturated heterocycles. The van der Waals surface area contributed by atoms with Crippen LogP contribution in [0.3, 0.4) is 0 Å². The molecule has 0 aromatic heterocycles. The fourth-order valence-corrected chi connectivity index (χ4v) is 3.85. The molecule has 3 unspecified atom stereocenters. The largest absolute Gasteiger partial charge is 0.296 e. The summed E-state index contributed by atoms with van der Waals surface area (Å²) in [5, 5.41) is 0.643. The standard InChI is InChI=1S/C14H19NS/c16-14-7-12-6-13(8-14)15(10-12)9-11-4-2-1-3-5-11/h1-5,12-14,16H,6-10H2. The van der Waals surface area contributed by atoms with E-state index in [-0.39, 0.29) is 0 Å². The summed E-state index contributed by atoms with van der Waals surface area (Å²) in [5.41, 5.74) is 1.45. The monoisotopic (exact) mass is 233 g/mol. The first-order valence-corrected chi connectivity index (χ1v) is 6.79. The molecule has 0 amide bonds. The maximum Gasteiger partial charge on any atom is 0.0236 e. The lowest BCUT2D eigenvalue weighted by molar-refractivity contribution is 0.238. The number of rotatable bonds is 2. The summed E-state index contributed by atoms with van der Waals surface area (Å²) in [6.07, 6.45) is 4.02.